The summed E-state index contributed by atoms with van der Waals surface area (Å²) in [4.78, 5) is 12.4. The third-order valence-electron chi connectivity index (χ3n) is 4.82. The van der Waals surface area contributed by atoms with Gasteiger partial charge in [-0.15, -0.1) is 0 Å². The van der Waals surface area contributed by atoms with Crippen LogP contribution >= 0.6 is 0 Å². The summed E-state index contributed by atoms with van der Waals surface area (Å²) in [7, 11) is -3.80. The van der Waals surface area contributed by atoms with Gasteiger partial charge in [-0.25, -0.2) is 17.2 Å². The number of amides is 1. The molecule has 2 aromatic rings. The zero-order valence-corrected chi connectivity index (χ0v) is 16.1. The van der Waals surface area contributed by atoms with Gasteiger partial charge in [-0.3, -0.25) is 4.79 Å². The largest absolute Gasteiger partial charge is 0.352 e. The van der Waals surface area contributed by atoms with Crippen LogP contribution in [0.1, 0.15) is 31.2 Å². The number of benzene rings is 2. The quantitative estimate of drug-likeness (QED) is 0.798. The molecule has 0 aromatic heterocycles. The van der Waals surface area contributed by atoms with E-state index in [9.17, 15) is 22.0 Å². The Balaban J connectivity index is 1.66. The van der Waals surface area contributed by atoms with E-state index in [1.54, 1.807) is 12.1 Å². The molecule has 1 amide bonds. The predicted molar refractivity (Wildman–Crippen MR) is 101 cm³/mol. The molecule has 1 aliphatic heterocycles. The summed E-state index contributed by atoms with van der Waals surface area (Å²) in [5, 5.41) is 2.75. The van der Waals surface area contributed by atoms with Gasteiger partial charge in [-0.1, -0.05) is 18.6 Å². The molecule has 0 bridgehead atoms. The molecule has 8 heteroatoms. The third kappa shape index (κ3) is 4.94. The van der Waals surface area contributed by atoms with Crippen LogP contribution < -0.4 is 5.32 Å². The van der Waals surface area contributed by atoms with Crippen LogP contribution in [0.2, 0.25) is 0 Å². The van der Waals surface area contributed by atoms with E-state index in [0.29, 0.717) is 19.4 Å². The van der Waals surface area contributed by atoms with Crippen molar-refractivity contribution in [3.63, 3.8) is 0 Å². The van der Waals surface area contributed by atoms with Crippen molar-refractivity contribution in [3.05, 3.63) is 65.7 Å². The smallest absolute Gasteiger partial charge is 0.243 e. The minimum Gasteiger partial charge on any atom is -0.352 e. The highest BCUT2D eigenvalue weighted by Gasteiger charge is 2.34. The van der Waals surface area contributed by atoms with Gasteiger partial charge < -0.3 is 5.32 Å². The van der Waals surface area contributed by atoms with Gasteiger partial charge >= 0.3 is 0 Å². The van der Waals surface area contributed by atoms with E-state index in [0.717, 1.165) is 24.1 Å². The maximum absolute atomic E-state index is 13.1. The monoisotopic (exact) mass is 408 g/mol. The van der Waals surface area contributed by atoms with Gasteiger partial charge in [0.25, 0.3) is 0 Å². The van der Waals surface area contributed by atoms with Crippen molar-refractivity contribution in [1.82, 2.24) is 9.62 Å². The standard InChI is InChI=1S/C20H22F2N2O3S/c21-16-6-4-15(5-7-16)14-23-20(25)13-18-3-1-2-12-24(18)28(26,27)19-10-8-17(22)9-11-19/h4-11,18H,1-3,12-14H2,(H,23,25)/t18-/m0/s1. The van der Waals surface area contributed by atoms with Gasteiger partial charge in [0.2, 0.25) is 15.9 Å². The number of hydrogen-bond donors (Lipinski definition) is 1. The SMILES string of the molecule is O=C(C[C@@H]1CCCCN1S(=O)(=O)c1ccc(F)cc1)NCc1ccc(F)cc1. The van der Waals surface area contributed by atoms with Gasteiger partial charge in [0.05, 0.1) is 4.90 Å². The van der Waals surface area contributed by atoms with Crippen molar-refractivity contribution in [1.29, 1.82) is 0 Å². The molecular formula is C20H22F2N2O3S. The van der Waals surface area contributed by atoms with Crippen molar-refractivity contribution in [3.8, 4) is 0 Å². The summed E-state index contributed by atoms with van der Waals surface area (Å²) in [6.45, 7) is 0.576. The number of halogens is 2. The van der Waals surface area contributed by atoms with Crippen LogP contribution in [0, 0.1) is 11.6 Å². The number of nitrogens with zero attached hydrogens (tertiary/aromatic N) is 1. The summed E-state index contributed by atoms with van der Waals surface area (Å²) in [5.74, 6) is -1.12. The minimum absolute atomic E-state index is 0.0209. The minimum atomic E-state index is -3.80. The van der Waals surface area contributed by atoms with Gasteiger partial charge in [0, 0.05) is 25.6 Å². The summed E-state index contributed by atoms with van der Waals surface area (Å²) >= 11 is 0. The second-order valence-electron chi connectivity index (χ2n) is 6.83. The van der Waals surface area contributed by atoms with Crippen LogP contribution in [0.5, 0.6) is 0 Å². The number of hydrogen-bond acceptors (Lipinski definition) is 3. The Morgan fingerprint density at radius 2 is 1.61 bits per heavy atom. The van der Waals surface area contributed by atoms with Crippen LogP contribution in [-0.2, 0) is 21.4 Å². The summed E-state index contributed by atoms with van der Waals surface area (Å²) in [6, 6.07) is 10.1. The topological polar surface area (TPSA) is 66.5 Å². The van der Waals surface area contributed by atoms with Gasteiger partial charge in [-0.05, 0) is 54.8 Å². The van der Waals surface area contributed by atoms with Crippen molar-refractivity contribution in [2.45, 2.75) is 43.2 Å². The Morgan fingerprint density at radius 1 is 1.00 bits per heavy atom. The highest BCUT2D eigenvalue weighted by Crippen LogP contribution is 2.27. The first kappa shape index (κ1) is 20.4. The second-order valence-corrected chi connectivity index (χ2v) is 8.72. The number of rotatable bonds is 6. The Morgan fingerprint density at radius 3 is 2.25 bits per heavy atom. The van der Waals surface area contributed by atoms with Crippen molar-refractivity contribution >= 4 is 15.9 Å². The van der Waals surface area contributed by atoms with Gasteiger partial charge in [0.15, 0.2) is 0 Å². The maximum atomic E-state index is 13.1. The zero-order chi connectivity index (χ0) is 20.1. The van der Waals surface area contributed by atoms with Crippen LogP contribution in [-0.4, -0.2) is 31.2 Å². The lowest BCUT2D eigenvalue weighted by molar-refractivity contribution is -0.122. The Labute approximate surface area is 163 Å². The third-order valence-corrected chi connectivity index (χ3v) is 6.78. The molecule has 150 valence electrons. The van der Waals surface area contributed by atoms with Crippen LogP contribution in [0.25, 0.3) is 0 Å². The molecule has 0 unspecified atom stereocenters. The summed E-state index contributed by atoms with van der Waals surface area (Å²) in [6.07, 6.45) is 2.19. The first-order valence-corrected chi connectivity index (χ1v) is 10.6. The van der Waals surface area contributed by atoms with E-state index in [4.69, 9.17) is 0 Å². The molecule has 1 fully saturated rings. The van der Waals surface area contributed by atoms with Crippen LogP contribution in [0.15, 0.2) is 53.4 Å². The molecule has 5 nitrogen and oxygen atoms in total. The molecule has 0 aliphatic carbocycles. The molecule has 1 saturated heterocycles. The number of piperidine rings is 1. The second kappa shape index (κ2) is 8.79. The molecule has 1 N–H and O–H groups in total. The van der Waals surface area contributed by atoms with Crippen LogP contribution in [0.4, 0.5) is 8.78 Å². The lowest BCUT2D eigenvalue weighted by Gasteiger charge is -2.34. The fourth-order valence-electron chi connectivity index (χ4n) is 3.33. The van der Waals surface area contributed by atoms with E-state index in [2.05, 4.69) is 5.32 Å². The van der Waals surface area contributed by atoms with E-state index < -0.39 is 21.9 Å². The number of nitrogens with one attached hydrogen (secondary N) is 1. The normalized spacial score (nSPS) is 18.0. The molecule has 0 saturated carbocycles. The van der Waals surface area contributed by atoms with Gasteiger partial charge in [0.1, 0.15) is 11.6 Å². The van der Waals surface area contributed by atoms with E-state index >= 15 is 0 Å². The number of carbonyl (C=O) groups excluding carboxylic acids is 1. The molecule has 2 aromatic carbocycles. The Kier molecular flexibility index (Phi) is 6.41. The number of carbonyl (C=O) groups is 1. The molecule has 3 rings (SSSR count). The van der Waals surface area contributed by atoms with Crippen molar-refractivity contribution < 1.29 is 22.0 Å². The first-order valence-electron chi connectivity index (χ1n) is 9.15. The van der Waals surface area contributed by atoms with Crippen molar-refractivity contribution in [2.75, 3.05) is 6.54 Å². The highest BCUT2D eigenvalue weighted by atomic mass is 32.2. The molecule has 1 heterocycles. The average molecular weight is 408 g/mol. The molecular weight excluding hydrogens is 386 g/mol. The Hall–Kier alpha value is -2.32. The molecule has 0 radical (unpaired) electrons. The fourth-order valence-corrected chi connectivity index (χ4v) is 5.02. The maximum Gasteiger partial charge on any atom is 0.243 e. The summed E-state index contributed by atoms with van der Waals surface area (Å²) in [5.41, 5.74) is 0.759. The fraction of sp³-hybridized carbons (Fsp3) is 0.350. The first-order chi connectivity index (χ1) is 13.4. The lowest BCUT2D eigenvalue weighted by Crippen LogP contribution is -2.45. The molecule has 1 aliphatic rings. The van der Waals surface area contributed by atoms with Crippen LogP contribution in [0.3, 0.4) is 0 Å². The molecule has 0 spiro atoms. The molecule has 28 heavy (non-hydrogen) atoms. The lowest BCUT2D eigenvalue weighted by atomic mass is 10.0. The van der Waals surface area contributed by atoms with E-state index in [-0.39, 0.29) is 29.6 Å². The molecule has 1 atom stereocenters. The highest BCUT2D eigenvalue weighted by molar-refractivity contribution is 7.89. The van der Waals surface area contributed by atoms with Gasteiger partial charge in [-0.2, -0.15) is 4.31 Å². The Bertz CT molecular complexity index is 915. The summed E-state index contributed by atoms with van der Waals surface area (Å²) < 4.78 is 53.3. The van der Waals surface area contributed by atoms with Crippen molar-refractivity contribution in [2.24, 2.45) is 0 Å². The average Bonchev–Trinajstić information content (AvgIpc) is 2.68. The number of sulfonamides is 1. The predicted octanol–water partition coefficient (Wildman–Crippen LogP) is 3.21. The zero-order valence-electron chi connectivity index (χ0n) is 15.3. The van der Waals surface area contributed by atoms with E-state index in [1.165, 1.54) is 28.6 Å². The van der Waals surface area contributed by atoms with E-state index in [1.807, 2.05) is 0 Å².